The van der Waals surface area contributed by atoms with Crippen molar-refractivity contribution in [3.63, 3.8) is 0 Å². The molecule has 0 unspecified atom stereocenters. The van der Waals surface area contributed by atoms with E-state index < -0.39 is 0 Å². The van der Waals surface area contributed by atoms with E-state index in [0.29, 0.717) is 0 Å². The Morgan fingerprint density at radius 1 is 0.392 bits per heavy atom. The Morgan fingerprint density at radius 3 is 1.61 bits per heavy atom. The van der Waals surface area contributed by atoms with Crippen molar-refractivity contribution >= 4 is 32.8 Å². The van der Waals surface area contributed by atoms with Crippen molar-refractivity contribution in [2.24, 2.45) is 0 Å². The van der Waals surface area contributed by atoms with Gasteiger partial charge in [-0.15, -0.1) is 0 Å². The fourth-order valence-electron chi connectivity index (χ4n) is 11.6. The van der Waals surface area contributed by atoms with E-state index in [2.05, 4.69) is 283 Å². The first kappa shape index (κ1) is 43.4. The highest BCUT2D eigenvalue weighted by Crippen LogP contribution is 2.51. The molecule has 0 aliphatic heterocycles. The van der Waals surface area contributed by atoms with Crippen LogP contribution in [0.5, 0.6) is 0 Å². The second-order valence-electron chi connectivity index (χ2n) is 20.5. The lowest BCUT2D eigenvalue weighted by molar-refractivity contribution is -0.571. The van der Waals surface area contributed by atoms with Crippen LogP contribution in [-0.2, 0) is 5.41 Å². The molecule has 350 valence electrons. The summed E-state index contributed by atoms with van der Waals surface area (Å²) in [5.41, 5.74) is 24.1. The molecule has 4 nitrogen and oxygen atoms in total. The van der Waals surface area contributed by atoms with Gasteiger partial charge < -0.3 is 0 Å². The molecule has 3 aromatic heterocycles. The van der Waals surface area contributed by atoms with Gasteiger partial charge in [-0.05, 0) is 125 Å². The highest BCUT2D eigenvalue weighted by Gasteiger charge is 2.27. The average Bonchev–Trinajstić information content (AvgIpc) is 4.01. The predicted octanol–water partition coefficient (Wildman–Crippen LogP) is 17.5. The summed E-state index contributed by atoms with van der Waals surface area (Å²) in [6, 6.07) is 88.7. The summed E-state index contributed by atoms with van der Waals surface area (Å²) in [6.45, 7) is 6.79. The highest BCUT2D eigenvalue weighted by molar-refractivity contribution is 6.12. The third kappa shape index (κ3) is 6.98. The molecular formula is C70H50N4. The van der Waals surface area contributed by atoms with E-state index in [9.17, 15) is 0 Å². The standard InChI is InChI=1S/C70H50N4/c1-70(2,3)49-40-41-71-67(43-49)74-63-33-15-14-28-59(63)60-38-36-48(42-66(60)74)51-29-18-32-61-57-27-13-12-25-55(57)54-24-10-11-26-56(54)58-39-37-50(44-62(58)68(51)61)72-45-73(65-35-17-16-34-64(65)72)69-52(46-20-6-4-7-21-46)30-19-31-53(69)47-22-8-5-9-23-47/h4-44H,1-3H3. The van der Waals surface area contributed by atoms with Crippen LogP contribution in [0.4, 0.5) is 0 Å². The molecule has 0 saturated carbocycles. The first-order chi connectivity index (χ1) is 36.4. The predicted molar refractivity (Wildman–Crippen MR) is 306 cm³/mol. The van der Waals surface area contributed by atoms with Crippen molar-refractivity contribution in [2.75, 3.05) is 0 Å². The number of hydrogen-bond donors (Lipinski definition) is 0. The van der Waals surface area contributed by atoms with Gasteiger partial charge in [0.2, 0.25) is 0 Å². The number of fused-ring (bicyclic) bond motifs is 12. The van der Waals surface area contributed by atoms with Crippen molar-refractivity contribution in [1.29, 1.82) is 0 Å². The summed E-state index contributed by atoms with van der Waals surface area (Å²) in [5, 5.41) is 2.40. The van der Waals surface area contributed by atoms with Gasteiger partial charge in [0, 0.05) is 17.0 Å². The molecule has 0 bridgehead atoms. The van der Waals surface area contributed by atoms with Gasteiger partial charge in [-0.25, -0.2) is 4.98 Å². The van der Waals surface area contributed by atoms with E-state index in [1.807, 2.05) is 6.20 Å². The Hall–Kier alpha value is -9.38. The van der Waals surface area contributed by atoms with Gasteiger partial charge in [-0.3, -0.25) is 13.7 Å². The minimum atomic E-state index is -0.0359. The number of benzene rings is 10. The van der Waals surface area contributed by atoms with Gasteiger partial charge in [0.25, 0.3) is 6.33 Å². The quantitative estimate of drug-likeness (QED) is 0.121. The normalized spacial score (nSPS) is 12.0. The van der Waals surface area contributed by atoms with Crippen LogP contribution in [0, 0.1) is 6.33 Å². The van der Waals surface area contributed by atoms with Gasteiger partial charge in [0.1, 0.15) is 5.82 Å². The summed E-state index contributed by atoms with van der Waals surface area (Å²) < 4.78 is 6.90. The summed E-state index contributed by atoms with van der Waals surface area (Å²) >= 11 is 0. The zero-order valence-corrected chi connectivity index (χ0v) is 41.5. The molecule has 3 heterocycles. The van der Waals surface area contributed by atoms with E-state index in [-0.39, 0.29) is 5.41 Å². The van der Waals surface area contributed by atoms with Gasteiger partial charge in [0.15, 0.2) is 0 Å². The average molecular weight is 947 g/mol. The second-order valence-corrected chi connectivity index (χ2v) is 20.5. The van der Waals surface area contributed by atoms with E-state index >= 15 is 0 Å². The van der Waals surface area contributed by atoms with Gasteiger partial charge in [-0.2, -0.15) is 0 Å². The van der Waals surface area contributed by atoms with E-state index in [4.69, 9.17) is 4.98 Å². The number of hydrogen-bond acceptors (Lipinski definition) is 1. The third-order valence-corrected chi connectivity index (χ3v) is 15.1. The zero-order chi connectivity index (χ0) is 49.5. The number of imidazole rings is 1. The van der Waals surface area contributed by atoms with E-state index in [1.54, 1.807) is 0 Å². The van der Waals surface area contributed by atoms with Crippen LogP contribution in [0.3, 0.4) is 0 Å². The summed E-state index contributed by atoms with van der Waals surface area (Å²) in [4.78, 5) is 5.04. The molecule has 13 aromatic rings. The number of rotatable bonds is 6. The molecule has 4 heteroatoms. The lowest BCUT2D eigenvalue weighted by Crippen LogP contribution is -2.31. The first-order valence-corrected chi connectivity index (χ1v) is 25.5. The Bertz CT molecular complexity index is 4280. The lowest BCUT2D eigenvalue weighted by Gasteiger charge is -2.26. The maximum Gasteiger partial charge on any atom is 0.269 e. The molecule has 0 amide bonds. The molecule has 0 fully saturated rings. The summed E-state index contributed by atoms with van der Waals surface area (Å²) in [7, 11) is 0. The number of pyridine rings is 1. The smallest absolute Gasteiger partial charge is 0.269 e. The molecule has 14 rings (SSSR count). The number of nitrogens with zero attached hydrogens (tertiary/aromatic N) is 4. The van der Waals surface area contributed by atoms with Crippen LogP contribution in [0.1, 0.15) is 26.3 Å². The van der Waals surface area contributed by atoms with Gasteiger partial charge in [0.05, 0.1) is 33.4 Å². The van der Waals surface area contributed by atoms with Gasteiger partial charge >= 0.3 is 0 Å². The fourth-order valence-corrected chi connectivity index (χ4v) is 11.6. The minimum absolute atomic E-state index is 0.0359. The van der Waals surface area contributed by atoms with Crippen LogP contribution in [0.25, 0.3) is 128 Å². The molecule has 0 spiro atoms. The second kappa shape index (κ2) is 17.1. The van der Waals surface area contributed by atoms with Crippen LogP contribution < -0.4 is 4.57 Å². The molecule has 0 saturated heterocycles. The molecule has 1 aliphatic carbocycles. The lowest BCUT2D eigenvalue weighted by atomic mass is 9.78. The molecule has 1 aliphatic rings. The minimum Gasteiger partial charge on any atom is -0.294 e. The molecule has 74 heavy (non-hydrogen) atoms. The number of aromatic nitrogens is 4. The largest absolute Gasteiger partial charge is 0.294 e. The van der Waals surface area contributed by atoms with Crippen LogP contribution in [0.2, 0.25) is 0 Å². The Morgan fingerprint density at radius 2 is 0.932 bits per heavy atom. The Kier molecular flexibility index (Phi) is 10.1. The molecule has 10 aromatic carbocycles. The molecule has 0 radical (unpaired) electrons. The topological polar surface area (TPSA) is 26.6 Å². The van der Waals surface area contributed by atoms with Crippen molar-refractivity contribution < 1.29 is 4.57 Å². The number of para-hydroxylation sites is 4. The molecule has 0 atom stereocenters. The highest BCUT2D eigenvalue weighted by atomic mass is 15.1. The summed E-state index contributed by atoms with van der Waals surface area (Å²) in [5.74, 6) is 0.916. The van der Waals surface area contributed by atoms with E-state index in [0.717, 1.165) is 78.2 Å². The van der Waals surface area contributed by atoms with Crippen molar-refractivity contribution in [3.05, 3.63) is 261 Å². The third-order valence-electron chi connectivity index (χ3n) is 15.1. The maximum atomic E-state index is 5.04. The summed E-state index contributed by atoms with van der Waals surface area (Å²) in [6.07, 6.45) is 5.93. The SMILES string of the molecule is CC(C)(C)c1ccnc(-n2c3ccccc3c3ccc(-c4cccc5c4-c4cc(-n6[c-][n+](-c7c(-c8ccccc8)cccc7-c7ccccc7)c7ccccc76)ccc4-c4ccccc4-c4ccccc4-5)cc32)c1. The molecule has 0 N–H and O–H groups in total. The van der Waals surface area contributed by atoms with Crippen molar-refractivity contribution in [1.82, 2.24) is 14.1 Å². The maximum absolute atomic E-state index is 5.04. The van der Waals surface area contributed by atoms with Crippen LogP contribution in [0.15, 0.2) is 249 Å². The Balaban J connectivity index is 1.04. The zero-order valence-electron chi connectivity index (χ0n) is 41.5. The monoisotopic (exact) mass is 946 g/mol. The Labute approximate surface area is 431 Å². The molecular weight excluding hydrogens is 897 g/mol. The van der Waals surface area contributed by atoms with E-state index in [1.165, 1.54) is 55.3 Å². The van der Waals surface area contributed by atoms with Crippen LogP contribution in [-0.4, -0.2) is 14.1 Å². The van der Waals surface area contributed by atoms with Gasteiger partial charge in [-0.1, -0.05) is 227 Å². The first-order valence-electron chi connectivity index (χ1n) is 25.5. The van der Waals surface area contributed by atoms with Crippen LogP contribution >= 0.6 is 0 Å². The fraction of sp³-hybridized carbons (Fsp3) is 0.0571. The van der Waals surface area contributed by atoms with Crippen molar-refractivity contribution in [2.45, 2.75) is 26.2 Å². The van der Waals surface area contributed by atoms with Crippen molar-refractivity contribution in [3.8, 4) is 95.1 Å².